The summed E-state index contributed by atoms with van der Waals surface area (Å²) in [7, 11) is 0. The number of benzene rings is 2. The molecule has 4 heteroatoms. The van der Waals surface area contributed by atoms with Crippen LogP contribution in [0.3, 0.4) is 0 Å². The fraction of sp³-hybridized carbons (Fsp3) is 0.318. The van der Waals surface area contributed by atoms with Crippen molar-refractivity contribution in [3.8, 4) is 5.75 Å². The highest BCUT2D eigenvalue weighted by Crippen LogP contribution is 2.09. The van der Waals surface area contributed by atoms with Crippen molar-refractivity contribution >= 4 is 12.0 Å². The van der Waals surface area contributed by atoms with Gasteiger partial charge in [-0.15, -0.1) is 0 Å². The number of carbonyl (C=O) groups is 1. The summed E-state index contributed by atoms with van der Waals surface area (Å²) in [6.07, 6.45) is 3.57. The molecule has 1 aliphatic heterocycles. The fourth-order valence-corrected chi connectivity index (χ4v) is 2.95. The third-order valence-electron chi connectivity index (χ3n) is 4.60. The van der Waals surface area contributed by atoms with Crippen LogP contribution in [0.15, 0.2) is 60.7 Å². The van der Waals surface area contributed by atoms with Gasteiger partial charge in [0.05, 0.1) is 0 Å². The number of hydrogen-bond acceptors (Lipinski definition) is 3. The maximum absolute atomic E-state index is 12.3. The molecule has 26 heavy (non-hydrogen) atoms. The summed E-state index contributed by atoms with van der Waals surface area (Å²) in [5.41, 5.74) is 2.28. The Balaban J connectivity index is 1.38. The molecule has 1 fully saturated rings. The summed E-state index contributed by atoms with van der Waals surface area (Å²) in [6.45, 7) is 6.93. The van der Waals surface area contributed by atoms with Crippen LogP contribution in [0.4, 0.5) is 0 Å². The van der Waals surface area contributed by atoms with Crippen molar-refractivity contribution in [1.29, 1.82) is 0 Å². The molecule has 136 valence electrons. The second kappa shape index (κ2) is 9.20. The van der Waals surface area contributed by atoms with Gasteiger partial charge in [0.25, 0.3) is 0 Å². The van der Waals surface area contributed by atoms with E-state index in [1.54, 1.807) is 6.08 Å². The lowest BCUT2D eigenvalue weighted by atomic mass is 10.1. The highest BCUT2D eigenvalue weighted by molar-refractivity contribution is 5.91. The number of nitrogens with zero attached hydrogens (tertiary/aromatic N) is 2. The highest BCUT2D eigenvalue weighted by Gasteiger charge is 2.19. The third-order valence-corrected chi connectivity index (χ3v) is 4.60. The Labute approximate surface area is 155 Å². The smallest absolute Gasteiger partial charge is 0.246 e. The molecule has 0 aromatic heterocycles. The predicted octanol–water partition coefficient (Wildman–Crippen LogP) is 3.23. The van der Waals surface area contributed by atoms with E-state index in [2.05, 4.69) is 24.0 Å². The number of piperazine rings is 1. The van der Waals surface area contributed by atoms with Crippen LogP contribution in [0.2, 0.25) is 0 Å². The Hall–Kier alpha value is -2.59. The lowest BCUT2D eigenvalue weighted by Crippen LogP contribution is -2.49. The third kappa shape index (κ3) is 5.46. The van der Waals surface area contributed by atoms with Crippen LogP contribution in [-0.2, 0) is 4.79 Å². The van der Waals surface area contributed by atoms with Crippen LogP contribution in [0.5, 0.6) is 5.75 Å². The van der Waals surface area contributed by atoms with Crippen molar-refractivity contribution in [2.45, 2.75) is 6.92 Å². The molecule has 0 atom stereocenters. The van der Waals surface area contributed by atoms with Crippen molar-refractivity contribution in [3.05, 3.63) is 71.8 Å². The molecule has 1 saturated heterocycles. The zero-order valence-corrected chi connectivity index (χ0v) is 15.3. The Morgan fingerprint density at radius 2 is 1.69 bits per heavy atom. The molecule has 0 spiro atoms. The van der Waals surface area contributed by atoms with Gasteiger partial charge in [-0.05, 0) is 30.7 Å². The SMILES string of the molecule is Cc1ccc(/C=C/C(=O)N2CCN(CCOc3ccccc3)CC2)cc1. The molecule has 0 saturated carbocycles. The van der Waals surface area contributed by atoms with Crippen molar-refractivity contribution < 1.29 is 9.53 Å². The molecule has 1 heterocycles. The van der Waals surface area contributed by atoms with Crippen molar-refractivity contribution in [2.24, 2.45) is 0 Å². The largest absolute Gasteiger partial charge is 0.492 e. The summed E-state index contributed by atoms with van der Waals surface area (Å²) >= 11 is 0. The fourth-order valence-electron chi connectivity index (χ4n) is 2.95. The van der Waals surface area contributed by atoms with E-state index < -0.39 is 0 Å². The Bertz CT molecular complexity index is 718. The van der Waals surface area contributed by atoms with Crippen LogP contribution in [0.25, 0.3) is 6.08 Å². The van der Waals surface area contributed by atoms with Gasteiger partial charge in [-0.2, -0.15) is 0 Å². The number of ether oxygens (including phenoxy) is 1. The summed E-state index contributed by atoms with van der Waals surface area (Å²) in [5.74, 6) is 0.994. The summed E-state index contributed by atoms with van der Waals surface area (Å²) in [6, 6.07) is 18.0. The first kappa shape index (κ1) is 18.2. The lowest BCUT2D eigenvalue weighted by molar-refractivity contribution is -0.127. The topological polar surface area (TPSA) is 32.8 Å². The quantitative estimate of drug-likeness (QED) is 0.750. The minimum Gasteiger partial charge on any atom is -0.492 e. The average Bonchev–Trinajstić information content (AvgIpc) is 2.69. The van der Waals surface area contributed by atoms with Gasteiger partial charge >= 0.3 is 0 Å². The Kier molecular flexibility index (Phi) is 6.45. The molecule has 1 amide bonds. The number of rotatable bonds is 6. The molecule has 2 aromatic rings. The highest BCUT2D eigenvalue weighted by atomic mass is 16.5. The Morgan fingerprint density at radius 3 is 2.38 bits per heavy atom. The van der Waals surface area contributed by atoms with E-state index in [1.165, 1.54) is 5.56 Å². The number of hydrogen-bond donors (Lipinski definition) is 0. The maximum Gasteiger partial charge on any atom is 0.246 e. The van der Waals surface area contributed by atoms with Crippen LogP contribution in [0.1, 0.15) is 11.1 Å². The first-order chi connectivity index (χ1) is 12.7. The van der Waals surface area contributed by atoms with E-state index in [4.69, 9.17) is 4.74 Å². The van der Waals surface area contributed by atoms with E-state index in [0.717, 1.165) is 44.0 Å². The van der Waals surface area contributed by atoms with Crippen LogP contribution < -0.4 is 4.74 Å². The zero-order valence-electron chi connectivity index (χ0n) is 15.3. The molecular formula is C22H26N2O2. The molecule has 4 nitrogen and oxygen atoms in total. The maximum atomic E-state index is 12.3. The monoisotopic (exact) mass is 350 g/mol. The average molecular weight is 350 g/mol. The van der Waals surface area contributed by atoms with Crippen molar-refractivity contribution in [3.63, 3.8) is 0 Å². The minimum atomic E-state index is 0.0887. The van der Waals surface area contributed by atoms with Crippen LogP contribution in [-0.4, -0.2) is 55.0 Å². The first-order valence-electron chi connectivity index (χ1n) is 9.14. The second-order valence-corrected chi connectivity index (χ2v) is 6.57. The Morgan fingerprint density at radius 1 is 1.00 bits per heavy atom. The molecule has 3 rings (SSSR count). The number of amides is 1. The van der Waals surface area contributed by atoms with Gasteiger partial charge in [0.1, 0.15) is 12.4 Å². The summed E-state index contributed by atoms with van der Waals surface area (Å²) in [4.78, 5) is 16.6. The normalized spacial score (nSPS) is 15.3. The second-order valence-electron chi connectivity index (χ2n) is 6.57. The zero-order chi connectivity index (χ0) is 18.2. The van der Waals surface area contributed by atoms with E-state index in [9.17, 15) is 4.79 Å². The van der Waals surface area contributed by atoms with Crippen LogP contribution in [0, 0.1) is 6.92 Å². The summed E-state index contributed by atoms with van der Waals surface area (Å²) < 4.78 is 5.75. The molecule has 2 aromatic carbocycles. The summed E-state index contributed by atoms with van der Waals surface area (Å²) in [5, 5.41) is 0. The molecule has 1 aliphatic rings. The lowest BCUT2D eigenvalue weighted by Gasteiger charge is -2.34. The molecular weight excluding hydrogens is 324 g/mol. The van der Waals surface area contributed by atoms with Gasteiger partial charge in [-0.3, -0.25) is 9.69 Å². The van der Waals surface area contributed by atoms with E-state index >= 15 is 0 Å². The van der Waals surface area contributed by atoms with E-state index in [-0.39, 0.29) is 5.91 Å². The van der Waals surface area contributed by atoms with Gasteiger partial charge in [0.15, 0.2) is 0 Å². The molecule has 0 radical (unpaired) electrons. The number of carbonyl (C=O) groups excluding carboxylic acids is 1. The predicted molar refractivity (Wildman–Crippen MR) is 105 cm³/mol. The molecule has 0 bridgehead atoms. The number of para-hydroxylation sites is 1. The first-order valence-corrected chi connectivity index (χ1v) is 9.14. The van der Waals surface area contributed by atoms with E-state index in [1.807, 2.05) is 53.4 Å². The van der Waals surface area contributed by atoms with Gasteiger partial charge in [-0.25, -0.2) is 0 Å². The van der Waals surface area contributed by atoms with Gasteiger partial charge in [0.2, 0.25) is 5.91 Å². The minimum absolute atomic E-state index is 0.0887. The molecule has 0 aliphatic carbocycles. The molecule has 0 unspecified atom stereocenters. The van der Waals surface area contributed by atoms with E-state index in [0.29, 0.717) is 6.61 Å². The standard InChI is InChI=1S/C22H26N2O2/c1-19-7-9-20(10-8-19)11-12-22(25)24-15-13-23(14-16-24)17-18-26-21-5-3-2-4-6-21/h2-12H,13-18H2,1H3/b12-11+. The molecule has 0 N–H and O–H groups in total. The number of aryl methyl sites for hydroxylation is 1. The van der Waals surface area contributed by atoms with Gasteiger partial charge in [-0.1, -0.05) is 48.0 Å². The van der Waals surface area contributed by atoms with Gasteiger partial charge < -0.3 is 9.64 Å². The van der Waals surface area contributed by atoms with Crippen molar-refractivity contribution in [1.82, 2.24) is 9.80 Å². The van der Waals surface area contributed by atoms with Crippen molar-refractivity contribution in [2.75, 3.05) is 39.3 Å². The van der Waals surface area contributed by atoms with Gasteiger partial charge in [0, 0.05) is 38.8 Å². The van der Waals surface area contributed by atoms with Crippen LogP contribution >= 0.6 is 0 Å².